The van der Waals surface area contributed by atoms with Crippen LogP contribution in [0.3, 0.4) is 0 Å². The van der Waals surface area contributed by atoms with E-state index in [-0.39, 0.29) is 24.0 Å². The minimum Gasteiger partial charge on any atom is -0.353 e. The highest BCUT2D eigenvalue weighted by Gasteiger charge is 2.26. The van der Waals surface area contributed by atoms with Crippen molar-refractivity contribution in [3.8, 4) is 0 Å². The predicted octanol–water partition coefficient (Wildman–Crippen LogP) is 2.23. The van der Waals surface area contributed by atoms with Crippen molar-refractivity contribution in [3.05, 3.63) is 24.3 Å². The minimum atomic E-state index is 0. The molecule has 1 saturated heterocycles. The summed E-state index contributed by atoms with van der Waals surface area (Å²) in [6.45, 7) is 10.5. The first kappa shape index (κ1) is 22.1. The van der Waals surface area contributed by atoms with Crippen LogP contribution in [0.15, 0.2) is 17.6 Å². The zero-order chi connectivity index (χ0) is 18.4. The lowest BCUT2D eigenvalue weighted by atomic mass is 10.1. The number of guanidine groups is 1. The molecule has 1 atom stereocenters. The lowest BCUT2D eigenvalue weighted by Crippen LogP contribution is -2.45. The van der Waals surface area contributed by atoms with Gasteiger partial charge in [-0.05, 0) is 32.1 Å². The third-order valence-electron chi connectivity index (χ3n) is 5.58. The maximum atomic E-state index is 4.70. The van der Waals surface area contributed by atoms with Crippen molar-refractivity contribution in [2.24, 2.45) is 18.0 Å². The van der Waals surface area contributed by atoms with Crippen LogP contribution in [0.25, 0.3) is 0 Å². The monoisotopic (exact) mass is 487 g/mol. The number of halogens is 1. The molecule has 3 rings (SSSR count). The third-order valence-corrected chi connectivity index (χ3v) is 5.58. The third kappa shape index (κ3) is 6.44. The molecule has 0 spiro atoms. The standard InChI is InChI=1S/C19H33N7.HI/c1-4-10-20-19(21-12-18-24-23-15(2)25(18)3)22-17-9-11-26(14-17)13-16-7-5-6-8-16;/h4,16-17H,1,5-14H2,2-3H3,(H2,20,21,22);1H. The molecule has 2 aliphatic rings. The molecule has 152 valence electrons. The Hall–Kier alpha value is -1.16. The molecule has 1 unspecified atom stereocenters. The number of hydrogen-bond donors (Lipinski definition) is 2. The van der Waals surface area contributed by atoms with E-state index in [0.717, 1.165) is 30.1 Å². The lowest BCUT2D eigenvalue weighted by molar-refractivity contribution is 0.275. The van der Waals surface area contributed by atoms with Crippen LogP contribution in [0.1, 0.15) is 43.8 Å². The van der Waals surface area contributed by atoms with Crippen LogP contribution in [0.5, 0.6) is 0 Å². The van der Waals surface area contributed by atoms with Gasteiger partial charge in [-0.2, -0.15) is 0 Å². The summed E-state index contributed by atoms with van der Waals surface area (Å²) >= 11 is 0. The minimum absolute atomic E-state index is 0. The maximum Gasteiger partial charge on any atom is 0.192 e. The van der Waals surface area contributed by atoms with E-state index >= 15 is 0 Å². The fraction of sp³-hybridized carbons (Fsp3) is 0.737. The molecule has 27 heavy (non-hydrogen) atoms. The Morgan fingerprint density at radius 2 is 2.07 bits per heavy atom. The van der Waals surface area contributed by atoms with E-state index < -0.39 is 0 Å². The van der Waals surface area contributed by atoms with E-state index in [1.165, 1.54) is 45.2 Å². The van der Waals surface area contributed by atoms with Crippen LogP contribution in [0, 0.1) is 12.8 Å². The van der Waals surface area contributed by atoms with Gasteiger partial charge in [0.1, 0.15) is 12.4 Å². The first-order valence-electron chi connectivity index (χ1n) is 9.88. The Labute approximate surface area is 180 Å². The molecular formula is C19H34IN7. The number of aromatic nitrogens is 3. The van der Waals surface area contributed by atoms with Gasteiger partial charge in [0.2, 0.25) is 0 Å². The Morgan fingerprint density at radius 3 is 2.74 bits per heavy atom. The van der Waals surface area contributed by atoms with E-state index in [1.54, 1.807) is 0 Å². The van der Waals surface area contributed by atoms with Crippen molar-refractivity contribution in [3.63, 3.8) is 0 Å². The van der Waals surface area contributed by atoms with E-state index in [4.69, 9.17) is 4.99 Å². The molecule has 0 amide bonds. The van der Waals surface area contributed by atoms with Crippen LogP contribution >= 0.6 is 24.0 Å². The molecule has 2 fully saturated rings. The van der Waals surface area contributed by atoms with Gasteiger partial charge in [-0.1, -0.05) is 18.9 Å². The van der Waals surface area contributed by atoms with E-state index in [1.807, 2.05) is 24.6 Å². The predicted molar refractivity (Wildman–Crippen MR) is 120 cm³/mol. The average Bonchev–Trinajstić information content (AvgIpc) is 3.36. The molecule has 7 nitrogen and oxygen atoms in total. The molecule has 1 aromatic heterocycles. The Morgan fingerprint density at radius 1 is 1.30 bits per heavy atom. The number of likely N-dealkylation sites (tertiary alicyclic amines) is 1. The second kappa shape index (κ2) is 11.0. The molecule has 8 heteroatoms. The summed E-state index contributed by atoms with van der Waals surface area (Å²) in [6.07, 6.45) is 8.70. The zero-order valence-corrected chi connectivity index (χ0v) is 19.0. The van der Waals surface area contributed by atoms with Crippen molar-refractivity contribution < 1.29 is 0 Å². The topological polar surface area (TPSA) is 70.4 Å². The summed E-state index contributed by atoms with van der Waals surface area (Å²) in [4.78, 5) is 7.32. The number of nitrogens with one attached hydrogen (secondary N) is 2. The number of aryl methyl sites for hydroxylation is 1. The normalized spacial score (nSPS) is 21.3. The van der Waals surface area contributed by atoms with Crippen LogP contribution in [0.4, 0.5) is 0 Å². The van der Waals surface area contributed by atoms with Crippen molar-refractivity contribution in [1.82, 2.24) is 30.3 Å². The summed E-state index contributed by atoms with van der Waals surface area (Å²) in [5, 5.41) is 15.2. The van der Waals surface area contributed by atoms with Crippen molar-refractivity contribution in [1.29, 1.82) is 0 Å². The molecular weight excluding hydrogens is 453 g/mol. The largest absolute Gasteiger partial charge is 0.353 e. The van der Waals surface area contributed by atoms with E-state index in [2.05, 4.69) is 32.3 Å². The molecule has 2 heterocycles. The molecule has 2 N–H and O–H groups in total. The molecule has 1 aliphatic heterocycles. The van der Waals surface area contributed by atoms with Gasteiger partial charge < -0.3 is 20.1 Å². The second-order valence-corrected chi connectivity index (χ2v) is 7.60. The molecule has 0 radical (unpaired) electrons. The van der Waals surface area contributed by atoms with Crippen molar-refractivity contribution in [2.45, 2.75) is 51.6 Å². The van der Waals surface area contributed by atoms with Crippen LogP contribution < -0.4 is 10.6 Å². The second-order valence-electron chi connectivity index (χ2n) is 7.60. The first-order chi connectivity index (χ1) is 12.7. The van der Waals surface area contributed by atoms with E-state index in [9.17, 15) is 0 Å². The van der Waals surface area contributed by atoms with Crippen molar-refractivity contribution in [2.75, 3.05) is 26.2 Å². The van der Waals surface area contributed by atoms with Gasteiger partial charge >= 0.3 is 0 Å². The summed E-state index contributed by atoms with van der Waals surface area (Å²) in [7, 11) is 1.97. The number of hydrogen-bond acceptors (Lipinski definition) is 4. The molecule has 1 aromatic rings. The van der Waals surface area contributed by atoms with E-state index in [0.29, 0.717) is 19.1 Å². The number of aliphatic imine (C=N–C) groups is 1. The molecule has 1 aliphatic carbocycles. The fourth-order valence-electron chi connectivity index (χ4n) is 3.93. The Balaban J connectivity index is 0.00000261. The first-order valence-corrected chi connectivity index (χ1v) is 9.88. The lowest BCUT2D eigenvalue weighted by Gasteiger charge is -2.21. The Bertz CT molecular complexity index is 622. The summed E-state index contributed by atoms with van der Waals surface area (Å²) in [5.41, 5.74) is 0. The SMILES string of the molecule is C=CCNC(=NCc1nnc(C)n1C)NC1CCN(CC2CCCC2)C1.I. The fourth-order valence-corrected chi connectivity index (χ4v) is 3.93. The highest BCUT2D eigenvalue weighted by Crippen LogP contribution is 2.26. The summed E-state index contributed by atoms with van der Waals surface area (Å²) < 4.78 is 1.98. The van der Waals surface area contributed by atoms with Crippen LogP contribution in [-0.4, -0.2) is 57.8 Å². The van der Waals surface area contributed by atoms with Gasteiger partial charge in [0.05, 0.1) is 0 Å². The van der Waals surface area contributed by atoms with Gasteiger partial charge in [0, 0.05) is 39.3 Å². The van der Waals surface area contributed by atoms with Gasteiger partial charge in [0.15, 0.2) is 11.8 Å². The highest BCUT2D eigenvalue weighted by molar-refractivity contribution is 14.0. The van der Waals surface area contributed by atoms with Crippen molar-refractivity contribution >= 4 is 29.9 Å². The van der Waals surface area contributed by atoms with Gasteiger partial charge in [-0.25, -0.2) is 4.99 Å². The highest BCUT2D eigenvalue weighted by atomic mass is 127. The van der Waals surface area contributed by atoms with Gasteiger partial charge in [-0.15, -0.1) is 40.8 Å². The number of rotatable bonds is 7. The summed E-state index contributed by atoms with van der Waals surface area (Å²) in [6, 6.07) is 0.453. The average molecular weight is 487 g/mol. The van der Waals surface area contributed by atoms with Gasteiger partial charge in [0.25, 0.3) is 0 Å². The molecule has 0 bridgehead atoms. The molecule has 1 saturated carbocycles. The van der Waals surface area contributed by atoms with Gasteiger partial charge in [-0.3, -0.25) is 0 Å². The maximum absolute atomic E-state index is 4.70. The number of nitrogens with zero attached hydrogens (tertiary/aromatic N) is 5. The summed E-state index contributed by atoms with van der Waals surface area (Å²) in [5.74, 6) is 3.52. The zero-order valence-electron chi connectivity index (χ0n) is 16.7. The smallest absolute Gasteiger partial charge is 0.192 e. The van der Waals surface area contributed by atoms with Crippen LogP contribution in [-0.2, 0) is 13.6 Å². The quantitative estimate of drug-likeness (QED) is 0.267. The molecule has 0 aromatic carbocycles. The Kier molecular flexibility index (Phi) is 9.01. The van der Waals surface area contributed by atoms with Crippen LogP contribution in [0.2, 0.25) is 0 Å².